The monoisotopic (exact) mass is 374 g/mol. The van der Waals surface area contributed by atoms with Crippen molar-refractivity contribution in [2.75, 3.05) is 0 Å². The Morgan fingerprint density at radius 2 is 1.89 bits per heavy atom. The van der Waals surface area contributed by atoms with Crippen LogP contribution in [0.4, 0.5) is 0 Å². The molecular formula is C19H14N6OS. The molecular weight excluding hydrogens is 360 g/mol. The molecule has 0 bridgehead atoms. The Hall–Kier alpha value is -3.39. The van der Waals surface area contributed by atoms with Gasteiger partial charge in [-0.25, -0.2) is 4.98 Å². The summed E-state index contributed by atoms with van der Waals surface area (Å²) in [4.78, 5) is 18.5. The van der Waals surface area contributed by atoms with Crippen molar-refractivity contribution in [1.29, 1.82) is 0 Å². The van der Waals surface area contributed by atoms with Gasteiger partial charge in [0.15, 0.2) is 16.8 Å². The molecule has 7 nitrogen and oxygen atoms in total. The molecule has 5 rings (SSSR count). The summed E-state index contributed by atoms with van der Waals surface area (Å²) < 4.78 is 3.15. The zero-order chi connectivity index (χ0) is 18.2. The van der Waals surface area contributed by atoms with E-state index in [9.17, 15) is 4.79 Å². The molecule has 5 aromatic rings. The van der Waals surface area contributed by atoms with Crippen LogP contribution in [0.3, 0.4) is 0 Å². The van der Waals surface area contributed by atoms with Crippen LogP contribution in [0, 0.1) is 0 Å². The molecule has 0 amide bonds. The number of fused-ring (bicyclic) bond motifs is 3. The number of aryl methyl sites for hydroxylation is 2. The molecule has 27 heavy (non-hydrogen) atoms. The van der Waals surface area contributed by atoms with E-state index < -0.39 is 0 Å². The molecule has 0 fully saturated rings. The Morgan fingerprint density at radius 3 is 2.70 bits per heavy atom. The van der Waals surface area contributed by atoms with E-state index in [4.69, 9.17) is 0 Å². The predicted octanol–water partition coefficient (Wildman–Crippen LogP) is 2.81. The first-order chi connectivity index (χ1) is 13.3. The Kier molecular flexibility index (Phi) is 3.75. The maximum absolute atomic E-state index is 12.8. The van der Waals surface area contributed by atoms with E-state index in [-0.39, 0.29) is 11.1 Å². The van der Waals surface area contributed by atoms with Gasteiger partial charge in [-0.1, -0.05) is 36.4 Å². The normalized spacial score (nSPS) is 11.4. The topological polar surface area (TPSA) is 78.0 Å². The van der Waals surface area contributed by atoms with E-state index in [2.05, 4.69) is 26.3 Å². The fourth-order valence-electron chi connectivity index (χ4n) is 3.07. The molecule has 0 saturated carbocycles. The number of aromatic nitrogens is 6. The van der Waals surface area contributed by atoms with Crippen molar-refractivity contribution in [2.45, 2.75) is 13.0 Å². The second-order valence-corrected chi connectivity index (χ2v) is 7.14. The largest absolute Gasteiger partial charge is 0.297 e. The third kappa shape index (κ3) is 2.70. The van der Waals surface area contributed by atoms with Gasteiger partial charge in [0.1, 0.15) is 6.33 Å². The van der Waals surface area contributed by atoms with Gasteiger partial charge in [-0.2, -0.15) is 9.61 Å². The fourth-order valence-corrected chi connectivity index (χ4v) is 3.77. The Balaban J connectivity index is 1.59. The maximum Gasteiger partial charge on any atom is 0.283 e. The number of benzene rings is 1. The number of thiophene rings is 1. The highest BCUT2D eigenvalue weighted by atomic mass is 32.1. The molecule has 0 aliphatic rings. The first kappa shape index (κ1) is 15.8. The molecule has 0 aliphatic heterocycles. The Morgan fingerprint density at radius 1 is 1.00 bits per heavy atom. The van der Waals surface area contributed by atoms with Crippen LogP contribution in [0.25, 0.3) is 27.9 Å². The van der Waals surface area contributed by atoms with Gasteiger partial charge in [-0.15, -0.1) is 21.5 Å². The summed E-state index contributed by atoms with van der Waals surface area (Å²) in [6, 6.07) is 13.9. The van der Waals surface area contributed by atoms with Crippen LogP contribution in [0.5, 0.6) is 0 Å². The number of hydrogen-bond donors (Lipinski definition) is 0. The van der Waals surface area contributed by atoms with Crippen molar-refractivity contribution in [2.24, 2.45) is 0 Å². The molecule has 0 N–H and O–H groups in total. The number of nitrogens with zero attached hydrogens (tertiary/aromatic N) is 6. The molecule has 4 aromatic heterocycles. The van der Waals surface area contributed by atoms with Crippen LogP contribution in [0.1, 0.15) is 4.88 Å². The van der Waals surface area contributed by atoms with Crippen molar-refractivity contribution < 1.29 is 0 Å². The average Bonchev–Trinajstić information content (AvgIpc) is 3.38. The smallest absolute Gasteiger partial charge is 0.283 e. The molecule has 8 heteroatoms. The lowest BCUT2D eigenvalue weighted by molar-refractivity contribution is 0.662. The summed E-state index contributed by atoms with van der Waals surface area (Å²) in [5.41, 5.74) is 2.86. The van der Waals surface area contributed by atoms with E-state index >= 15 is 0 Å². The van der Waals surface area contributed by atoms with Crippen molar-refractivity contribution in [1.82, 2.24) is 29.4 Å². The quantitative estimate of drug-likeness (QED) is 0.483. The lowest BCUT2D eigenvalue weighted by Gasteiger charge is -2.06. The molecule has 1 aromatic carbocycles. The second-order valence-electron chi connectivity index (χ2n) is 6.10. The third-order valence-electron chi connectivity index (χ3n) is 4.45. The minimum atomic E-state index is -0.206. The number of hydrogen-bond acceptors (Lipinski definition) is 6. The highest BCUT2D eigenvalue weighted by molar-refractivity contribution is 7.09. The standard InChI is InChI=1S/C19H14N6OS/c26-19-16-18(20-12-24(19)9-8-14-7-4-10-27-14)25-17(23-22-16)15(11-21-25)13-5-2-1-3-6-13/h1-7,10-12H,8-9H2. The summed E-state index contributed by atoms with van der Waals surface area (Å²) in [6.45, 7) is 0.552. The SMILES string of the molecule is O=c1c2nnc3c(-c4ccccc4)cnn3c2ncn1CCc1cccs1. The first-order valence-corrected chi connectivity index (χ1v) is 9.36. The van der Waals surface area contributed by atoms with Crippen LogP contribution in [-0.2, 0) is 13.0 Å². The minimum absolute atomic E-state index is 0.206. The van der Waals surface area contributed by atoms with Crippen LogP contribution in [-0.4, -0.2) is 29.4 Å². The second kappa shape index (κ2) is 6.40. The van der Waals surface area contributed by atoms with Crippen LogP contribution in [0.15, 0.2) is 65.2 Å². The van der Waals surface area contributed by atoms with Gasteiger partial charge in [-0.3, -0.25) is 9.36 Å². The molecule has 0 aliphatic carbocycles. The van der Waals surface area contributed by atoms with Crippen LogP contribution in [0.2, 0.25) is 0 Å². The van der Waals surface area contributed by atoms with E-state index in [0.29, 0.717) is 17.8 Å². The van der Waals surface area contributed by atoms with Gasteiger partial charge in [0.25, 0.3) is 5.56 Å². The Bertz CT molecular complexity index is 1290. The van der Waals surface area contributed by atoms with Crippen LogP contribution < -0.4 is 5.56 Å². The molecule has 132 valence electrons. The highest BCUT2D eigenvalue weighted by Gasteiger charge is 2.15. The Labute approximate surface area is 157 Å². The van der Waals surface area contributed by atoms with Gasteiger partial charge in [0, 0.05) is 17.0 Å². The van der Waals surface area contributed by atoms with Gasteiger partial charge in [-0.05, 0) is 23.4 Å². The van der Waals surface area contributed by atoms with Crippen molar-refractivity contribution in [3.8, 4) is 11.1 Å². The lowest BCUT2D eigenvalue weighted by Crippen LogP contribution is -2.23. The van der Waals surface area contributed by atoms with Gasteiger partial charge < -0.3 is 0 Å². The average molecular weight is 374 g/mol. The zero-order valence-corrected chi connectivity index (χ0v) is 15.0. The van der Waals surface area contributed by atoms with E-state index in [1.54, 1.807) is 32.9 Å². The van der Waals surface area contributed by atoms with E-state index in [1.807, 2.05) is 41.8 Å². The van der Waals surface area contributed by atoms with Crippen LogP contribution >= 0.6 is 11.3 Å². The van der Waals surface area contributed by atoms with Crippen molar-refractivity contribution in [3.63, 3.8) is 0 Å². The van der Waals surface area contributed by atoms with Crippen molar-refractivity contribution >= 4 is 28.1 Å². The molecule has 4 heterocycles. The summed E-state index contributed by atoms with van der Waals surface area (Å²) >= 11 is 1.68. The zero-order valence-electron chi connectivity index (χ0n) is 14.2. The minimum Gasteiger partial charge on any atom is -0.297 e. The fraction of sp³-hybridized carbons (Fsp3) is 0.105. The molecule has 0 spiro atoms. The molecule has 0 saturated heterocycles. The summed E-state index contributed by atoms with van der Waals surface area (Å²) in [6.07, 6.45) is 4.06. The molecule has 0 atom stereocenters. The van der Waals surface area contributed by atoms with E-state index in [0.717, 1.165) is 17.5 Å². The molecule has 0 radical (unpaired) electrons. The van der Waals surface area contributed by atoms with Crippen molar-refractivity contribution in [3.05, 3.63) is 75.6 Å². The lowest BCUT2D eigenvalue weighted by atomic mass is 10.1. The maximum atomic E-state index is 12.8. The van der Waals surface area contributed by atoms with Gasteiger partial charge >= 0.3 is 0 Å². The molecule has 0 unspecified atom stereocenters. The van der Waals surface area contributed by atoms with Gasteiger partial charge in [0.2, 0.25) is 0 Å². The third-order valence-corrected chi connectivity index (χ3v) is 5.38. The van der Waals surface area contributed by atoms with E-state index in [1.165, 1.54) is 4.88 Å². The summed E-state index contributed by atoms with van der Waals surface area (Å²) in [5.74, 6) is 0. The highest BCUT2D eigenvalue weighted by Crippen LogP contribution is 2.23. The summed E-state index contributed by atoms with van der Waals surface area (Å²) in [5, 5.41) is 14.8. The first-order valence-electron chi connectivity index (χ1n) is 8.48. The van der Waals surface area contributed by atoms with Gasteiger partial charge in [0.05, 0.1) is 6.20 Å². The number of rotatable bonds is 4. The predicted molar refractivity (Wildman–Crippen MR) is 104 cm³/mol. The summed E-state index contributed by atoms with van der Waals surface area (Å²) in [7, 11) is 0.